The average Bonchev–Trinajstić information content (AvgIpc) is 2.75. The predicted octanol–water partition coefficient (Wildman–Crippen LogP) is 2.83. The summed E-state index contributed by atoms with van der Waals surface area (Å²) in [5.74, 6) is -1.46. The van der Waals surface area contributed by atoms with Crippen molar-refractivity contribution in [2.24, 2.45) is 0 Å². The number of hydrogen-bond acceptors (Lipinski definition) is 5. The van der Waals surface area contributed by atoms with E-state index in [4.69, 9.17) is 17.3 Å². The van der Waals surface area contributed by atoms with E-state index < -0.39 is 12.5 Å². The first-order chi connectivity index (χ1) is 10.9. The monoisotopic (exact) mass is 344 g/mol. The number of amides is 1. The van der Waals surface area contributed by atoms with Crippen LogP contribution in [0.3, 0.4) is 0 Å². The molecule has 1 aromatic heterocycles. The van der Waals surface area contributed by atoms with Crippen LogP contribution >= 0.6 is 24.0 Å². The van der Waals surface area contributed by atoms with E-state index in [2.05, 4.69) is 4.98 Å². The number of rotatable bonds is 3. The van der Waals surface area contributed by atoms with Crippen molar-refractivity contribution < 1.29 is 14.7 Å². The molecular weight excluding hydrogens is 332 g/mol. The van der Waals surface area contributed by atoms with Crippen LogP contribution in [0, 0.1) is 6.92 Å². The van der Waals surface area contributed by atoms with Gasteiger partial charge in [-0.05, 0) is 36.8 Å². The fourth-order valence-corrected chi connectivity index (χ4v) is 3.51. The Balaban J connectivity index is 1.92. The van der Waals surface area contributed by atoms with Crippen molar-refractivity contribution in [3.63, 3.8) is 0 Å². The van der Waals surface area contributed by atoms with Crippen LogP contribution in [0.25, 0.3) is 17.0 Å². The van der Waals surface area contributed by atoms with Crippen LogP contribution < -0.4 is 0 Å². The van der Waals surface area contributed by atoms with E-state index in [1.807, 2.05) is 37.3 Å². The lowest BCUT2D eigenvalue weighted by atomic mass is 10.1. The van der Waals surface area contributed by atoms with Gasteiger partial charge in [0.05, 0.1) is 10.4 Å². The Bertz CT molecular complexity index is 877. The fraction of sp³-hybridized carbons (Fsp3) is 0.125. The Labute approximate surface area is 142 Å². The van der Waals surface area contributed by atoms with Gasteiger partial charge in [-0.15, -0.1) is 0 Å². The van der Waals surface area contributed by atoms with Gasteiger partial charge >= 0.3 is 5.97 Å². The fourth-order valence-electron chi connectivity index (χ4n) is 2.26. The second kappa shape index (κ2) is 6.10. The molecule has 0 atom stereocenters. The maximum Gasteiger partial charge on any atom is 0.323 e. The number of hydrogen-bond donors (Lipinski definition) is 1. The standard InChI is InChI=1S/C16H12N2O3S2/c1-9-2-4-11-6-10(3-5-12(11)17-9)7-13-15(21)18(8-14(19)20)16(22)23-13/h2-7H,8H2,1H3,(H,19,20)/b13-7-. The number of pyridine rings is 1. The molecule has 0 bridgehead atoms. The molecule has 0 radical (unpaired) electrons. The van der Waals surface area contributed by atoms with Crippen molar-refractivity contribution in [2.45, 2.75) is 6.92 Å². The van der Waals surface area contributed by atoms with Crippen LogP contribution in [0.4, 0.5) is 0 Å². The smallest absolute Gasteiger partial charge is 0.323 e. The maximum absolute atomic E-state index is 12.2. The molecule has 116 valence electrons. The maximum atomic E-state index is 12.2. The first-order valence-electron chi connectivity index (χ1n) is 6.78. The summed E-state index contributed by atoms with van der Waals surface area (Å²) in [6, 6.07) is 9.61. The molecule has 1 aliphatic rings. The van der Waals surface area contributed by atoms with E-state index in [-0.39, 0.29) is 10.2 Å². The molecule has 23 heavy (non-hydrogen) atoms. The molecule has 2 aromatic rings. The van der Waals surface area contributed by atoms with E-state index in [0.29, 0.717) is 4.91 Å². The third-order valence-corrected chi connectivity index (χ3v) is 4.69. The van der Waals surface area contributed by atoms with E-state index >= 15 is 0 Å². The number of nitrogens with zero attached hydrogens (tertiary/aromatic N) is 2. The van der Waals surface area contributed by atoms with Gasteiger partial charge in [-0.3, -0.25) is 19.5 Å². The summed E-state index contributed by atoms with van der Waals surface area (Å²) in [4.78, 5) is 29.0. The zero-order valence-electron chi connectivity index (χ0n) is 12.1. The van der Waals surface area contributed by atoms with E-state index in [9.17, 15) is 9.59 Å². The first kappa shape index (κ1) is 15.6. The summed E-state index contributed by atoms with van der Waals surface area (Å²) >= 11 is 6.19. The van der Waals surface area contributed by atoms with Gasteiger partial charge in [0.1, 0.15) is 10.9 Å². The highest BCUT2D eigenvalue weighted by molar-refractivity contribution is 8.26. The molecule has 0 unspecified atom stereocenters. The molecule has 0 spiro atoms. The Morgan fingerprint density at radius 3 is 2.91 bits per heavy atom. The van der Waals surface area contributed by atoms with Gasteiger partial charge in [0.2, 0.25) is 0 Å². The van der Waals surface area contributed by atoms with Crippen LogP contribution in [0.5, 0.6) is 0 Å². The minimum absolute atomic E-state index is 0.265. The number of aliphatic carboxylic acids is 1. The number of carboxylic acids is 1. The van der Waals surface area contributed by atoms with Crippen LogP contribution in [0.2, 0.25) is 0 Å². The van der Waals surface area contributed by atoms with Gasteiger partial charge in [0.15, 0.2) is 0 Å². The van der Waals surface area contributed by atoms with Gasteiger partial charge in [0, 0.05) is 11.1 Å². The molecule has 2 heterocycles. The molecule has 1 N–H and O–H groups in total. The van der Waals surface area contributed by atoms with Crippen molar-refractivity contribution in [3.8, 4) is 0 Å². The zero-order chi connectivity index (χ0) is 16.6. The lowest BCUT2D eigenvalue weighted by Crippen LogP contribution is -2.33. The normalized spacial score (nSPS) is 16.6. The summed E-state index contributed by atoms with van der Waals surface area (Å²) < 4.78 is 0.265. The number of carbonyl (C=O) groups excluding carboxylic acids is 1. The molecule has 1 amide bonds. The lowest BCUT2D eigenvalue weighted by molar-refractivity contribution is -0.140. The largest absolute Gasteiger partial charge is 0.480 e. The van der Waals surface area contributed by atoms with Crippen molar-refractivity contribution in [1.29, 1.82) is 0 Å². The second-order valence-corrected chi connectivity index (χ2v) is 6.74. The summed E-state index contributed by atoms with van der Waals surface area (Å²) in [6.07, 6.45) is 1.72. The zero-order valence-corrected chi connectivity index (χ0v) is 13.8. The number of aryl methyl sites for hydroxylation is 1. The first-order valence-corrected chi connectivity index (χ1v) is 8.01. The number of thioether (sulfide) groups is 1. The topological polar surface area (TPSA) is 70.5 Å². The molecule has 0 aliphatic carbocycles. The van der Waals surface area contributed by atoms with Gasteiger partial charge < -0.3 is 5.11 Å². The summed E-state index contributed by atoms with van der Waals surface area (Å²) in [5.41, 5.74) is 2.68. The molecule has 7 heteroatoms. The number of carboxylic acid groups (broad SMARTS) is 1. The number of aromatic nitrogens is 1. The van der Waals surface area contributed by atoms with Crippen LogP contribution in [0.1, 0.15) is 11.3 Å². The number of carbonyl (C=O) groups is 2. The van der Waals surface area contributed by atoms with Gasteiger partial charge in [-0.1, -0.05) is 36.1 Å². The molecule has 0 saturated carbocycles. The van der Waals surface area contributed by atoms with Gasteiger partial charge in [-0.25, -0.2) is 0 Å². The molecule has 1 aromatic carbocycles. The van der Waals surface area contributed by atoms with Crippen LogP contribution in [-0.4, -0.2) is 37.7 Å². The Morgan fingerprint density at radius 2 is 2.17 bits per heavy atom. The quantitative estimate of drug-likeness (QED) is 0.682. The van der Waals surface area contributed by atoms with Gasteiger partial charge in [-0.2, -0.15) is 0 Å². The number of fused-ring (bicyclic) bond motifs is 1. The summed E-state index contributed by atoms with van der Waals surface area (Å²) in [5, 5.41) is 9.81. The van der Waals surface area contributed by atoms with Gasteiger partial charge in [0.25, 0.3) is 5.91 Å². The third kappa shape index (κ3) is 3.25. The molecule has 1 saturated heterocycles. The highest BCUT2D eigenvalue weighted by Gasteiger charge is 2.33. The predicted molar refractivity (Wildman–Crippen MR) is 94.0 cm³/mol. The Morgan fingerprint density at radius 1 is 1.39 bits per heavy atom. The van der Waals surface area contributed by atoms with Crippen LogP contribution in [0.15, 0.2) is 35.2 Å². The molecule has 1 fully saturated rings. The van der Waals surface area contributed by atoms with E-state index in [0.717, 1.165) is 38.8 Å². The molecule has 3 rings (SSSR count). The Kier molecular flexibility index (Phi) is 4.14. The van der Waals surface area contributed by atoms with E-state index in [1.165, 1.54) is 0 Å². The number of benzene rings is 1. The van der Waals surface area contributed by atoms with Crippen LogP contribution in [-0.2, 0) is 9.59 Å². The van der Waals surface area contributed by atoms with E-state index in [1.54, 1.807) is 6.08 Å². The summed E-state index contributed by atoms with van der Waals surface area (Å²) in [6.45, 7) is 1.52. The minimum Gasteiger partial charge on any atom is -0.480 e. The summed E-state index contributed by atoms with van der Waals surface area (Å²) in [7, 11) is 0. The molecule has 1 aliphatic heterocycles. The lowest BCUT2D eigenvalue weighted by Gasteiger charge is -2.10. The average molecular weight is 344 g/mol. The number of thiocarbonyl (C=S) groups is 1. The highest BCUT2D eigenvalue weighted by atomic mass is 32.2. The van der Waals surface area contributed by atoms with Crippen molar-refractivity contribution in [3.05, 3.63) is 46.5 Å². The van der Waals surface area contributed by atoms with Crippen molar-refractivity contribution >= 4 is 57.2 Å². The molecule has 5 nitrogen and oxygen atoms in total. The Hall–Kier alpha value is -2.25. The third-order valence-electron chi connectivity index (χ3n) is 3.32. The molecular formula is C16H12N2O3S2. The SMILES string of the molecule is Cc1ccc2cc(/C=C3\SC(=S)N(CC(=O)O)C3=O)ccc2n1. The highest BCUT2D eigenvalue weighted by Crippen LogP contribution is 2.32. The van der Waals surface area contributed by atoms with Crippen molar-refractivity contribution in [1.82, 2.24) is 9.88 Å². The second-order valence-electron chi connectivity index (χ2n) is 5.07. The van der Waals surface area contributed by atoms with Crippen molar-refractivity contribution in [2.75, 3.05) is 6.54 Å². The minimum atomic E-state index is -1.09.